The van der Waals surface area contributed by atoms with Crippen LogP contribution in [0.5, 0.6) is 0 Å². The number of fused-ring (bicyclic) bond motifs is 1. The van der Waals surface area contributed by atoms with E-state index in [2.05, 4.69) is 10.1 Å². The molecule has 0 saturated carbocycles. The number of aliphatic hydroxyl groups is 1. The minimum absolute atomic E-state index is 0.0163. The van der Waals surface area contributed by atoms with Crippen molar-refractivity contribution >= 4 is 27.4 Å². The minimum Gasteiger partial charge on any atom is -0.394 e. The SMILES string of the molecule is COCc1nn(CCO)c(N)c1-c1nc2ccccc2s1. The molecular weight excluding hydrogens is 288 g/mol. The molecule has 3 N–H and O–H groups in total. The van der Waals surface area contributed by atoms with E-state index in [1.807, 2.05) is 24.3 Å². The molecule has 0 saturated heterocycles. The van der Waals surface area contributed by atoms with Crippen molar-refractivity contribution in [1.82, 2.24) is 14.8 Å². The monoisotopic (exact) mass is 304 g/mol. The summed E-state index contributed by atoms with van der Waals surface area (Å²) in [6, 6.07) is 7.94. The third kappa shape index (κ3) is 2.51. The van der Waals surface area contributed by atoms with Crippen LogP contribution in [0.25, 0.3) is 20.8 Å². The largest absolute Gasteiger partial charge is 0.394 e. The van der Waals surface area contributed by atoms with Gasteiger partial charge in [-0.25, -0.2) is 9.67 Å². The van der Waals surface area contributed by atoms with E-state index in [1.54, 1.807) is 23.1 Å². The highest BCUT2D eigenvalue weighted by molar-refractivity contribution is 7.21. The molecule has 2 aromatic heterocycles. The van der Waals surface area contributed by atoms with Crippen LogP contribution in [0.3, 0.4) is 0 Å². The Morgan fingerprint density at radius 2 is 2.19 bits per heavy atom. The number of thiazole rings is 1. The van der Waals surface area contributed by atoms with Gasteiger partial charge in [-0.1, -0.05) is 12.1 Å². The van der Waals surface area contributed by atoms with E-state index in [9.17, 15) is 0 Å². The van der Waals surface area contributed by atoms with Crippen molar-refractivity contribution in [3.05, 3.63) is 30.0 Å². The van der Waals surface area contributed by atoms with Gasteiger partial charge in [0, 0.05) is 7.11 Å². The zero-order valence-electron chi connectivity index (χ0n) is 11.6. The van der Waals surface area contributed by atoms with Crippen molar-refractivity contribution in [1.29, 1.82) is 0 Å². The number of anilines is 1. The molecular formula is C14H16N4O2S. The fourth-order valence-corrected chi connectivity index (χ4v) is 3.28. The second-order valence-corrected chi connectivity index (χ2v) is 5.60. The van der Waals surface area contributed by atoms with Crippen LogP contribution >= 0.6 is 11.3 Å². The Kier molecular flexibility index (Phi) is 3.87. The van der Waals surface area contributed by atoms with Crippen molar-refractivity contribution in [2.75, 3.05) is 19.5 Å². The highest BCUT2D eigenvalue weighted by atomic mass is 32.1. The second kappa shape index (κ2) is 5.80. The van der Waals surface area contributed by atoms with Crippen LogP contribution in [-0.4, -0.2) is 33.6 Å². The van der Waals surface area contributed by atoms with Crippen LogP contribution in [0.1, 0.15) is 5.69 Å². The number of aliphatic hydroxyl groups excluding tert-OH is 1. The highest BCUT2D eigenvalue weighted by Gasteiger charge is 2.20. The number of para-hydroxylation sites is 1. The van der Waals surface area contributed by atoms with Gasteiger partial charge >= 0.3 is 0 Å². The molecule has 0 atom stereocenters. The molecule has 0 amide bonds. The van der Waals surface area contributed by atoms with E-state index in [1.165, 1.54) is 0 Å². The van der Waals surface area contributed by atoms with Crippen LogP contribution in [0, 0.1) is 0 Å². The number of aromatic nitrogens is 3. The lowest BCUT2D eigenvalue weighted by atomic mass is 10.2. The first-order valence-corrected chi connectivity index (χ1v) is 7.37. The molecule has 3 rings (SSSR count). The molecule has 2 heterocycles. The maximum Gasteiger partial charge on any atom is 0.132 e. The van der Waals surface area contributed by atoms with Gasteiger partial charge in [0.1, 0.15) is 16.5 Å². The summed E-state index contributed by atoms with van der Waals surface area (Å²) in [7, 11) is 1.61. The van der Waals surface area contributed by atoms with Crippen LogP contribution in [0.4, 0.5) is 5.82 Å². The Hall–Kier alpha value is -1.96. The number of nitrogens with two attached hydrogens (primary N) is 1. The predicted octanol–water partition coefficient (Wildman–Crippen LogP) is 1.88. The predicted molar refractivity (Wildman–Crippen MR) is 83.1 cm³/mol. The van der Waals surface area contributed by atoms with Crippen LogP contribution in [0.2, 0.25) is 0 Å². The van der Waals surface area contributed by atoms with Crippen molar-refractivity contribution in [2.24, 2.45) is 0 Å². The standard InChI is InChI=1S/C14H16N4O2S/c1-20-8-10-12(13(15)18(17-10)6-7-19)14-16-9-4-2-3-5-11(9)21-14/h2-5,19H,6-8,15H2,1H3. The van der Waals surface area contributed by atoms with Gasteiger partial charge in [-0.15, -0.1) is 11.3 Å². The summed E-state index contributed by atoms with van der Waals surface area (Å²) in [5.74, 6) is 0.509. The third-order valence-electron chi connectivity index (χ3n) is 3.16. The molecule has 6 nitrogen and oxygen atoms in total. The molecule has 0 radical (unpaired) electrons. The van der Waals surface area contributed by atoms with E-state index in [4.69, 9.17) is 15.6 Å². The van der Waals surface area contributed by atoms with Gasteiger partial charge in [0.15, 0.2) is 0 Å². The molecule has 0 fully saturated rings. The summed E-state index contributed by atoms with van der Waals surface area (Å²) in [5.41, 5.74) is 8.65. The summed E-state index contributed by atoms with van der Waals surface area (Å²) >= 11 is 1.57. The summed E-state index contributed by atoms with van der Waals surface area (Å²) < 4.78 is 7.89. The molecule has 21 heavy (non-hydrogen) atoms. The zero-order chi connectivity index (χ0) is 14.8. The molecule has 0 spiro atoms. The molecule has 0 aliphatic carbocycles. The van der Waals surface area contributed by atoms with E-state index in [-0.39, 0.29) is 6.61 Å². The molecule has 0 unspecified atom stereocenters. The molecule has 0 bridgehead atoms. The Balaban J connectivity index is 2.14. The maximum absolute atomic E-state index is 9.10. The lowest BCUT2D eigenvalue weighted by molar-refractivity contribution is 0.180. The van der Waals surface area contributed by atoms with E-state index >= 15 is 0 Å². The van der Waals surface area contributed by atoms with Gasteiger partial charge in [0.2, 0.25) is 0 Å². The number of nitrogen functional groups attached to an aromatic ring is 1. The first-order chi connectivity index (χ1) is 10.2. The smallest absolute Gasteiger partial charge is 0.132 e. The average molecular weight is 304 g/mol. The fourth-order valence-electron chi connectivity index (χ4n) is 2.24. The van der Waals surface area contributed by atoms with Gasteiger partial charge in [0.25, 0.3) is 0 Å². The van der Waals surface area contributed by atoms with Crippen LogP contribution in [-0.2, 0) is 17.9 Å². The number of rotatable bonds is 5. The van der Waals surface area contributed by atoms with Gasteiger partial charge < -0.3 is 15.6 Å². The van der Waals surface area contributed by atoms with Crippen molar-refractivity contribution < 1.29 is 9.84 Å². The van der Waals surface area contributed by atoms with Crippen LogP contribution < -0.4 is 5.73 Å². The Morgan fingerprint density at radius 1 is 1.38 bits per heavy atom. The van der Waals surface area contributed by atoms with Gasteiger partial charge in [0.05, 0.1) is 35.5 Å². The van der Waals surface area contributed by atoms with Crippen LogP contribution in [0.15, 0.2) is 24.3 Å². The molecule has 3 aromatic rings. The number of hydrogen-bond acceptors (Lipinski definition) is 6. The highest BCUT2D eigenvalue weighted by Crippen LogP contribution is 2.35. The lowest BCUT2D eigenvalue weighted by Crippen LogP contribution is -2.08. The van der Waals surface area contributed by atoms with E-state index in [0.29, 0.717) is 19.0 Å². The summed E-state index contributed by atoms with van der Waals surface area (Å²) in [6.45, 7) is 0.693. The van der Waals surface area contributed by atoms with E-state index in [0.717, 1.165) is 26.5 Å². The number of hydrogen-bond donors (Lipinski definition) is 2. The topological polar surface area (TPSA) is 86.2 Å². The third-order valence-corrected chi connectivity index (χ3v) is 4.22. The number of methoxy groups -OCH3 is 1. The zero-order valence-corrected chi connectivity index (χ0v) is 12.4. The quantitative estimate of drug-likeness (QED) is 0.751. The van der Waals surface area contributed by atoms with Crippen molar-refractivity contribution in [3.8, 4) is 10.6 Å². The molecule has 110 valence electrons. The van der Waals surface area contributed by atoms with Gasteiger partial charge in [-0.2, -0.15) is 5.10 Å². The molecule has 7 heteroatoms. The lowest BCUT2D eigenvalue weighted by Gasteiger charge is -2.01. The van der Waals surface area contributed by atoms with Gasteiger partial charge in [-0.3, -0.25) is 0 Å². The fraction of sp³-hybridized carbons (Fsp3) is 0.286. The minimum atomic E-state index is -0.0163. The number of ether oxygens (including phenoxy) is 1. The first kappa shape index (κ1) is 14.0. The van der Waals surface area contributed by atoms with Crippen molar-refractivity contribution in [2.45, 2.75) is 13.2 Å². The van der Waals surface area contributed by atoms with Gasteiger partial charge in [-0.05, 0) is 12.1 Å². The van der Waals surface area contributed by atoms with E-state index < -0.39 is 0 Å². The number of benzene rings is 1. The number of nitrogens with zero attached hydrogens (tertiary/aromatic N) is 3. The average Bonchev–Trinajstić information content (AvgIpc) is 3.01. The second-order valence-electron chi connectivity index (χ2n) is 4.57. The molecule has 0 aliphatic heterocycles. The summed E-state index contributed by atoms with van der Waals surface area (Å²) in [5, 5.41) is 14.3. The Bertz CT molecular complexity index is 733. The molecule has 0 aliphatic rings. The first-order valence-electron chi connectivity index (χ1n) is 6.55. The summed E-state index contributed by atoms with van der Waals surface area (Å²) in [6.07, 6.45) is 0. The van der Waals surface area contributed by atoms with Crippen molar-refractivity contribution in [3.63, 3.8) is 0 Å². The Labute approximate surface area is 125 Å². The normalized spacial score (nSPS) is 11.3. The Morgan fingerprint density at radius 3 is 2.90 bits per heavy atom. The molecule has 1 aromatic carbocycles. The maximum atomic E-state index is 9.10. The summed E-state index contributed by atoms with van der Waals surface area (Å²) in [4.78, 5) is 4.63.